The average molecular weight is 340 g/mol. The number of hydrogen-bond acceptors (Lipinski definition) is 5. The van der Waals surface area contributed by atoms with Crippen LogP contribution in [0.5, 0.6) is 5.75 Å². The second kappa shape index (κ2) is 7.68. The van der Waals surface area contributed by atoms with Crippen LogP contribution < -0.4 is 10.1 Å². The first-order chi connectivity index (χ1) is 10.9. The molecule has 1 aromatic rings. The van der Waals surface area contributed by atoms with Crippen LogP contribution in [0.4, 0.5) is 5.69 Å². The molecule has 1 aliphatic rings. The molecule has 1 fully saturated rings. The standard InChI is InChI=1S/C16H24N2O4S/c1-3-8-22-15-6-4-5-13(10-15)17-11-16(19)18(2)14-7-9-23(20,21)12-14/h4-6,10,14,17H,3,7-9,11-12H2,1-2H3/t14-/m0/s1. The molecule has 1 saturated heterocycles. The lowest BCUT2D eigenvalue weighted by atomic mass is 10.2. The summed E-state index contributed by atoms with van der Waals surface area (Å²) in [6.07, 6.45) is 1.45. The van der Waals surface area contributed by atoms with Gasteiger partial charge in [0.1, 0.15) is 5.75 Å². The summed E-state index contributed by atoms with van der Waals surface area (Å²) in [5, 5.41) is 3.07. The van der Waals surface area contributed by atoms with E-state index in [9.17, 15) is 13.2 Å². The van der Waals surface area contributed by atoms with Crippen LogP contribution in [0.3, 0.4) is 0 Å². The fourth-order valence-corrected chi connectivity index (χ4v) is 4.28. The molecule has 0 aliphatic carbocycles. The highest BCUT2D eigenvalue weighted by atomic mass is 32.2. The lowest BCUT2D eigenvalue weighted by Gasteiger charge is -2.23. The zero-order valence-electron chi connectivity index (χ0n) is 13.6. The zero-order chi connectivity index (χ0) is 16.9. The Kier molecular flexibility index (Phi) is 5.87. The molecule has 2 rings (SSSR count). The first-order valence-electron chi connectivity index (χ1n) is 7.84. The maximum atomic E-state index is 12.2. The average Bonchev–Trinajstić information content (AvgIpc) is 2.90. The minimum Gasteiger partial charge on any atom is -0.494 e. The maximum Gasteiger partial charge on any atom is 0.241 e. The quantitative estimate of drug-likeness (QED) is 0.815. The van der Waals surface area contributed by atoms with Gasteiger partial charge in [-0.2, -0.15) is 0 Å². The molecule has 0 aromatic heterocycles. The third kappa shape index (κ3) is 5.13. The number of benzene rings is 1. The van der Waals surface area contributed by atoms with E-state index in [0.29, 0.717) is 13.0 Å². The predicted octanol–water partition coefficient (Wildman–Crippen LogP) is 1.53. The van der Waals surface area contributed by atoms with E-state index in [1.807, 2.05) is 31.2 Å². The van der Waals surface area contributed by atoms with Gasteiger partial charge in [-0.25, -0.2) is 8.42 Å². The number of carbonyl (C=O) groups excluding carboxylic acids is 1. The summed E-state index contributed by atoms with van der Waals surface area (Å²) in [5.74, 6) is 0.876. The van der Waals surface area contributed by atoms with Crippen LogP contribution in [0.2, 0.25) is 0 Å². The predicted molar refractivity (Wildman–Crippen MR) is 90.5 cm³/mol. The lowest BCUT2D eigenvalue weighted by molar-refractivity contribution is -0.129. The second-order valence-corrected chi connectivity index (χ2v) is 8.02. The minimum atomic E-state index is -2.99. The molecular formula is C16H24N2O4S. The van der Waals surface area contributed by atoms with Crippen molar-refractivity contribution in [2.45, 2.75) is 25.8 Å². The van der Waals surface area contributed by atoms with Crippen molar-refractivity contribution < 1.29 is 17.9 Å². The fourth-order valence-electron chi connectivity index (χ4n) is 2.50. The van der Waals surface area contributed by atoms with Gasteiger partial charge in [-0.3, -0.25) is 4.79 Å². The van der Waals surface area contributed by atoms with E-state index in [-0.39, 0.29) is 30.0 Å². The summed E-state index contributed by atoms with van der Waals surface area (Å²) < 4.78 is 28.6. The Balaban J connectivity index is 1.86. The van der Waals surface area contributed by atoms with E-state index in [1.54, 1.807) is 7.05 Å². The van der Waals surface area contributed by atoms with Crippen LogP contribution >= 0.6 is 0 Å². The molecule has 0 bridgehead atoms. The Hall–Kier alpha value is -1.76. The van der Waals surface area contributed by atoms with Gasteiger partial charge in [0.2, 0.25) is 5.91 Å². The van der Waals surface area contributed by atoms with Gasteiger partial charge in [-0.15, -0.1) is 0 Å². The number of nitrogens with zero attached hydrogens (tertiary/aromatic N) is 1. The Bertz CT molecular complexity index is 645. The maximum absolute atomic E-state index is 12.2. The first-order valence-corrected chi connectivity index (χ1v) is 9.66. The Morgan fingerprint density at radius 1 is 1.43 bits per heavy atom. The highest BCUT2D eigenvalue weighted by Gasteiger charge is 2.32. The van der Waals surface area contributed by atoms with Crippen LogP contribution in [-0.2, 0) is 14.6 Å². The van der Waals surface area contributed by atoms with E-state index in [2.05, 4.69) is 5.32 Å². The van der Waals surface area contributed by atoms with Crippen LogP contribution in [-0.4, -0.2) is 57.0 Å². The molecule has 1 amide bonds. The van der Waals surface area contributed by atoms with Crippen molar-refractivity contribution in [1.29, 1.82) is 0 Å². The largest absolute Gasteiger partial charge is 0.494 e. The minimum absolute atomic E-state index is 0.0651. The number of likely N-dealkylation sites (N-methyl/N-ethyl adjacent to an activating group) is 1. The number of hydrogen-bond donors (Lipinski definition) is 1. The van der Waals surface area contributed by atoms with Gasteiger partial charge in [0, 0.05) is 24.8 Å². The normalized spacial score (nSPS) is 19.3. The summed E-state index contributed by atoms with van der Waals surface area (Å²) in [6.45, 7) is 2.82. The van der Waals surface area contributed by atoms with Crippen LogP contribution in [0.25, 0.3) is 0 Å². The van der Waals surface area contributed by atoms with Crippen LogP contribution in [0, 0.1) is 0 Å². The van der Waals surface area contributed by atoms with Gasteiger partial charge in [0.05, 0.1) is 24.7 Å². The van der Waals surface area contributed by atoms with Gasteiger partial charge < -0.3 is 15.0 Å². The third-order valence-corrected chi connectivity index (χ3v) is 5.65. The lowest BCUT2D eigenvalue weighted by Crippen LogP contribution is -2.40. The van der Waals surface area contributed by atoms with Crippen molar-refractivity contribution in [2.75, 3.05) is 37.0 Å². The number of rotatable bonds is 7. The molecule has 128 valence electrons. The fraction of sp³-hybridized carbons (Fsp3) is 0.562. The van der Waals surface area contributed by atoms with Gasteiger partial charge in [-0.05, 0) is 25.0 Å². The van der Waals surface area contributed by atoms with Crippen LogP contribution in [0.15, 0.2) is 24.3 Å². The van der Waals surface area contributed by atoms with Gasteiger partial charge in [0.25, 0.3) is 0 Å². The van der Waals surface area contributed by atoms with Crippen molar-refractivity contribution in [2.24, 2.45) is 0 Å². The van der Waals surface area contributed by atoms with Crippen molar-refractivity contribution in [3.05, 3.63) is 24.3 Å². The number of nitrogens with one attached hydrogen (secondary N) is 1. The Morgan fingerprint density at radius 3 is 2.87 bits per heavy atom. The first kappa shape index (κ1) is 17.6. The zero-order valence-corrected chi connectivity index (χ0v) is 14.4. The molecule has 0 saturated carbocycles. The molecule has 1 atom stereocenters. The number of carbonyl (C=O) groups is 1. The molecule has 1 aromatic carbocycles. The highest BCUT2D eigenvalue weighted by Crippen LogP contribution is 2.19. The third-order valence-electron chi connectivity index (χ3n) is 3.90. The number of anilines is 1. The Labute approximate surface area is 137 Å². The molecule has 1 aliphatic heterocycles. The van der Waals surface area contributed by atoms with Crippen molar-refractivity contribution in [3.8, 4) is 5.75 Å². The van der Waals surface area contributed by atoms with E-state index in [0.717, 1.165) is 17.9 Å². The number of ether oxygens (including phenoxy) is 1. The van der Waals surface area contributed by atoms with E-state index in [1.165, 1.54) is 4.90 Å². The summed E-state index contributed by atoms with van der Waals surface area (Å²) in [7, 11) is -1.32. The van der Waals surface area contributed by atoms with Crippen molar-refractivity contribution >= 4 is 21.4 Å². The van der Waals surface area contributed by atoms with Crippen molar-refractivity contribution in [1.82, 2.24) is 4.90 Å². The summed E-state index contributed by atoms with van der Waals surface area (Å²) in [4.78, 5) is 13.7. The SMILES string of the molecule is CCCOc1cccc(NCC(=O)N(C)[C@H]2CCS(=O)(=O)C2)c1. The van der Waals surface area contributed by atoms with E-state index < -0.39 is 9.84 Å². The molecule has 6 nitrogen and oxygen atoms in total. The Morgan fingerprint density at radius 2 is 2.22 bits per heavy atom. The second-order valence-electron chi connectivity index (χ2n) is 5.79. The molecule has 1 N–H and O–H groups in total. The molecule has 0 radical (unpaired) electrons. The highest BCUT2D eigenvalue weighted by molar-refractivity contribution is 7.91. The van der Waals surface area contributed by atoms with E-state index in [4.69, 9.17) is 4.74 Å². The summed E-state index contributed by atoms with van der Waals surface area (Å²) >= 11 is 0. The molecular weight excluding hydrogens is 316 g/mol. The van der Waals surface area contributed by atoms with Gasteiger partial charge >= 0.3 is 0 Å². The van der Waals surface area contributed by atoms with Crippen molar-refractivity contribution in [3.63, 3.8) is 0 Å². The molecule has 7 heteroatoms. The molecule has 0 unspecified atom stereocenters. The summed E-state index contributed by atoms with van der Waals surface area (Å²) in [6, 6.07) is 7.24. The number of amides is 1. The number of sulfone groups is 1. The van der Waals surface area contributed by atoms with Gasteiger partial charge in [-0.1, -0.05) is 13.0 Å². The smallest absolute Gasteiger partial charge is 0.241 e. The topological polar surface area (TPSA) is 75.7 Å². The molecule has 1 heterocycles. The van der Waals surface area contributed by atoms with Crippen LogP contribution in [0.1, 0.15) is 19.8 Å². The molecule has 23 heavy (non-hydrogen) atoms. The molecule has 0 spiro atoms. The van der Waals surface area contributed by atoms with Gasteiger partial charge in [0.15, 0.2) is 9.84 Å². The van der Waals surface area contributed by atoms with E-state index >= 15 is 0 Å². The summed E-state index contributed by atoms with van der Waals surface area (Å²) in [5.41, 5.74) is 0.805. The monoisotopic (exact) mass is 340 g/mol.